The van der Waals surface area contributed by atoms with E-state index >= 15 is 0 Å². The van der Waals surface area contributed by atoms with E-state index in [-0.39, 0.29) is 11.7 Å². The molecular formula is C11H15FN2O. The van der Waals surface area contributed by atoms with Gasteiger partial charge in [-0.1, -0.05) is 18.2 Å². The third kappa shape index (κ3) is 4.56. The fourth-order valence-electron chi connectivity index (χ4n) is 1.26. The van der Waals surface area contributed by atoms with Crippen molar-refractivity contribution in [2.75, 3.05) is 13.1 Å². The molecule has 0 spiro atoms. The Labute approximate surface area is 88.5 Å². The van der Waals surface area contributed by atoms with Gasteiger partial charge in [-0.15, -0.1) is 0 Å². The summed E-state index contributed by atoms with van der Waals surface area (Å²) in [5.41, 5.74) is 5.66. The number of primary amides is 1. The van der Waals surface area contributed by atoms with Crippen LogP contribution in [-0.4, -0.2) is 19.0 Å². The number of benzene rings is 1. The Morgan fingerprint density at radius 3 is 2.73 bits per heavy atom. The molecule has 4 heteroatoms. The predicted molar refractivity (Wildman–Crippen MR) is 56.8 cm³/mol. The number of carbonyl (C=O) groups excluding carboxylic acids is 1. The summed E-state index contributed by atoms with van der Waals surface area (Å²) in [5.74, 6) is -0.511. The molecule has 0 atom stereocenters. The molecule has 0 heterocycles. The Balaban J connectivity index is 2.21. The van der Waals surface area contributed by atoms with E-state index in [1.807, 2.05) is 6.07 Å². The SMILES string of the molecule is NC(=O)CCNCCc1ccccc1F. The van der Waals surface area contributed by atoms with Crippen LogP contribution in [-0.2, 0) is 11.2 Å². The van der Waals surface area contributed by atoms with Gasteiger partial charge in [-0.2, -0.15) is 0 Å². The average molecular weight is 210 g/mol. The number of rotatable bonds is 6. The van der Waals surface area contributed by atoms with E-state index in [4.69, 9.17) is 5.73 Å². The molecule has 1 rings (SSSR count). The minimum atomic E-state index is -0.326. The van der Waals surface area contributed by atoms with Crippen molar-refractivity contribution in [2.24, 2.45) is 5.73 Å². The maximum atomic E-state index is 13.1. The van der Waals surface area contributed by atoms with Crippen LogP contribution in [0.3, 0.4) is 0 Å². The van der Waals surface area contributed by atoms with Crippen LogP contribution in [0.25, 0.3) is 0 Å². The standard InChI is InChI=1S/C11H15FN2O/c12-10-4-2-1-3-9(10)5-7-14-8-6-11(13)15/h1-4,14H,5-8H2,(H2,13,15). The van der Waals surface area contributed by atoms with Gasteiger partial charge in [-0.05, 0) is 24.6 Å². The first kappa shape index (κ1) is 11.7. The van der Waals surface area contributed by atoms with Crippen molar-refractivity contribution in [1.29, 1.82) is 0 Å². The monoisotopic (exact) mass is 210 g/mol. The summed E-state index contributed by atoms with van der Waals surface area (Å²) in [6.45, 7) is 1.19. The topological polar surface area (TPSA) is 55.1 Å². The van der Waals surface area contributed by atoms with Gasteiger partial charge in [0.15, 0.2) is 0 Å². The predicted octanol–water partition coefficient (Wildman–Crippen LogP) is 0.833. The van der Waals surface area contributed by atoms with Crippen LogP contribution in [0.5, 0.6) is 0 Å². The summed E-state index contributed by atoms with van der Waals surface area (Å²) in [6.07, 6.45) is 0.933. The summed E-state index contributed by atoms with van der Waals surface area (Å²) < 4.78 is 13.1. The maximum Gasteiger partial charge on any atom is 0.218 e. The van der Waals surface area contributed by atoms with E-state index in [1.165, 1.54) is 6.07 Å². The second-order valence-electron chi connectivity index (χ2n) is 3.31. The largest absolute Gasteiger partial charge is 0.370 e. The second kappa shape index (κ2) is 6.14. The van der Waals surface area contributed by atoms with E-state index in [2.05, 4.69) is 5.32 Å². The van der Waals surface area contributed by atoms with Crippen molar-refractivity contribution in [3.63, 3.8) is 0 Å². The van der Waals surface area contributed by atoms with Gasteiger partial charge < -0.3 is 11.1 Å². The van der Waals surface area contributed by atoms with Crippen LogP contribution in [0, 0.1) is 5.82 Å². The van der Waals surface area contributed by atoms with Crippen molar-refractivity contribution in [2.45, 2.75) is 12.8 Å². The average Bonchev–Trinajstić information content (AvgIpc) is 2.20. The lowest BCUT2D eigenvalue weighted by molar-refractivity contribution is -0.117. The fraction of sp³-hybridized carbons (Fsp3) is 0.364. The molecule has 3 N–H and O–H groups in total. The zero-order valence-electron chi connectivity index (χ0n) is 8.50. The number of hydrogen-bond acceptors (Lipinski definition) is 2. The van der Waals surface area contributed by atoms with Gasteiger partial charge in [-0.25, -0.2) is 4.39 Å². The molecule has 82 valence electrons. The van der Waals surface area contributed by atoms with Crippen molar-refractivity contribution >= 4 is 5.91 Å². The second-order valence-corrected chi connectivity index (χ2v) is 3.31. The zero-order valence-corrected chi connectivity index (χ0v) is 8.50. The third-order valence-electron chi connectivity index (χ3n) is 2.08. The summed E-state index contributed by atoms with van der Waals surface area (Å²) in [5, 5.41) is 3.02. The normalized spacial score (nSPS) is 10.2. The molecule has 0 saturated heterocycles. The van der Waals surface area contributed by atoms with Crippen molar-refractivity contribution in [1.82, 2.24) is 5.32 Å². The minimum absolute atomic E-state index is 0.186. The van der Waals surface area contributed by atoms with Gasteiger partial charge >= 0.3 is 0 Å². The van der Waals surface area contributed by atoms with Crippen molar-refractivity contribution < 1.29 is 9.18 Å². The molecular weight excluding hydrogens is 195 g/mol. The molecule has 0 aromatic heterocycles. The van der Waals surface area contributed by atoms with Gasteiger partial charge in [0.1, 0.15) is 5.82 Å². The smallest absolute Gasteiger partial charge is 0.218 e. The minimum Gasteiger partial charge on any atom is -0.370 e. The van der Waals surface area contributed by atoms with Gasteiger partial charge in [-0.3, -0.25) is 4.79 Å². The lowest BCUT2D eigenvalue weighted by Gasteiger charge is -2.04. The lowest BCUT2D eigenvalue weighted by atomic mass is 10.1. The van der Waals surface area contributed by atoms with Crippen LogP contribution in [0.15, 0.2) is 24.3 Å². The molecule has 0 bridgehead atoms. The van der Waals surface area contributed by atoms with Gasteiger partial charge in [0, 0.05) is 13.0 Å². The first-order valence-corrected chi connectivity index (χ1v) is 4.92. The van der Waals surface area contributed by atoms with Gasteiger partial charge in [0.2, 0.25) is 5.91 Å². The molecule has 1 aromatic carbocycles. The molecule has 0 aliphatic carbocycles. The first-order chi connectivity index (χ1) is 7.20. The zero-order chi connectivity index (χ0) is 11.1. The Bertz CT molecular complexity index is 328. The summed E-state index contributed by atoms with van der Waals surface area (Å²) in [7, 11) is 0. The highest BCUT2D eigenvalue weighted by molar-refractivity contribution is 5.73. The molecule has 0 fully saturated rings. The van der Waals surface area contributed by atoms with Crippen molar-refractivity contribution in [3.05, 3.63) is 35.6 Å². The lowest BCUT2D eigenvalue weighted by Crippen LogP contribution is -2.23. The summed E-state index contributed by atoms with van der Waals surface area (Å²) in [6, 6.07) is 6.67. The quantitative estimate of drug-likeness (QED) is 0.683. The van der Waals surface area contributed by atoms with Crippen LogP contribution in [0.2, 0.25) is 0 Å². The number of hydrogen-bond donors (Lipinski definition) is 2. The highest BCUT2D eigenvalue weighted by Crippen LogP contribution is 2.05. The Hall–Kier alpha value is -1.42. The van der Waals surface area contributed by atoms with E-state index in [1.54, 1.807) is 12.1 Å². The van der Waals surface area contributed by atoms with E-state index in [9.17, 15) is 9.18 Å². The van der Waals surface area contributed by atoms with E-state index < -0.39 is 0 Å². The fourth-order valence-corrected chi connectivity index (χ4v) is 1.26. The highest BCUT2D eigenvalue weighted by atomic mass is 19.1. The van der Waals surface area contributed by atoms with Gasteiger partial charge in [0.25, 0.3) is 0 Å². The van der Waals surface area contributed by atoms with Gasteiger partial charge in [0.05, 0.1) is 0 Å². The van der Waals surface area contributed by atoms with Crippen LogP contribution >= 0.6 is 0 Å². The summed E-state index contributed by atoms with van der Waals surface area (Å²) >= 11 is 0. The van der Waals surface area contributed by atoms with Crippen LogP contribution in [0.1, 0.15) is 12.0 Å². The molecule has 3 nitrogen and oxygen atoms in total. The molecule has 0 unspecified atom stereocenters. The Morgan fingerprint density at radius 2 is 2.07 bits per heavy atom. The Morgan fingerprint density at radius 1 is 1.33 bits per heavy atom. The number of carbonyl (C=O) groups is 1. The molecule has 0 saturated carbocycles. The van der Waals surface area contributed by atoms with Crippen LogP contribution < -0.4 is 11.1 Å². The molecule has 0 aliphatic heterocycles. The summed E-state index contributed by atoms with van der Waals surface area (Å²) in [4.78, 5) is 10.4. The molecule has 0 aliphatic rings. The van der Waals surface area contributed by atoms with E-state index in [0.29, 0.717) is 31.5 Å². The number of nitrogens with two attached hydrogens (primary N) is 1. The Kier molecular flexibility index (Phi) is 4.77. The maximum absolute atomic E-state index is 13.1. The molecule has 1 amide bonds. The van der Waals surface area contributed by atoms with Crippen LogP contribution in [0.4, 0.5) is 4.39 Å². The molecule has 1 aromatic rings. The molecule has 0 radical (unpaired) electrons. The first-order valence-electron chi connectivity index (χ1n) is 4.92. The highest BCUT2D eigenvalue weighted by Gasteiger charge is 1.99. The number of halogens is 1. The molecule has 15 heavy (non-hydrogen) atoms. The van der Waals surface area contributed by atoms with Crippen molar-refractivity contribution in [3.8, 4) is 0 Å². The number of nitrogens with one attached hydrogen (secondary N) is 1. The third-order valence-corrected chi connectivity index (χ3v) is 2.08. The van der Waals surface area contributed by atoms with E-state index in [0.717, 1.165) is 0 Å². The number of amides is 1.